The molecule has 0 aliphatic carbocycles. The van der Waals surface area contributed by atoms with Gasteiger partial charge in [0.05, 0.1) is 17.0 Å². The topological polar surface area (TPSA) is 64.0 Å². The van der Waals surface area contributed by atoms with Crippen molar-refractivity contribution in [1.82, 2.24) is 9.55 Å². The van der Waals surface area contributed by atoms with Crippen molar-refractivity contribution in [2.75, 3.05) is 11.1 Å². The van der Waals surface area contributed by atoms with E-state index in [1.54, 1.807) is 4.57 Å². The number of para-hydroxylation sites is 1. The molecule has 1 N–H and O–H groups in total. The lowest BCUT2D eigenvalue weighted by atomic mass is 10.0. The molecule has 7 heteroatoms. The molecule has 0 aliphatic heterocycles. The van der Waals surface area contributed by atoms with Crippen molar-refractivity contribution in [2.45, 2.75) is 38.8 Å². The number of hydrogen-bond donors (Lipinski definition) is 1. The Morgan fingerprint density at radius 2 is 1.94 bits per heavy atom. The molecule has 1 amide bonds. The second kappa shape index (κ2) is 9.30. The third kappa shape index (κ3) is 4.49. The van der Waals surface area contributed by atoms with Gasteiger partial charge in [-0.15, -0.1) is 11.3 Å². The SMILES string of the molecule is Cc1ccc(-n2c(SCC(=O)Nc3ccccc3C(C)C)nc3ccsc3c2=O)c(C)c1. The molecule has 2 aromatic heterocycles. The van der Waals surface area contributed by atoms with Crippen LogP contribution in [0.2, 0.25) is 0 Å². The first-order valence-electron chi connectivity index (χ1n) is 10.4. The Kier molecular flexibility index (Phi) is 6.48. The van der Waals surface area contributed by atoms with Crippen molar-refractivity contribution in [3.63, 3.8) is 0 Å². The highest BCUT2D eigenvalue weighted by Gasteiger charge is 2.17. The monoisotopic (exact) mass is 463 g/mol. The molecule has 2 heterocycles. The lowest BCUT2D eigenvalue weighted by Crippen LogP contribution is -2.23. The maximum Gasteiger partial charge on any atom is 0.276 e. The van der Waals surface area contributed by atoms with E-state index >= 15 is 0 Å². The van der Waals surface area contributed by atoms with Gasteiger partial charge >= 0.3 is 0 Å². The van der Waals surface area contributed by atoms with Crippen LogP contribution >= 0.6 is 23.1 Å². The number of rotatable bonds is 6. The number of hydrogen-bond acceptors (Lipinski definition) is 5. The zero-order chi connectivity index (χ0) is 22.8. The van der Waals surface area contributed by atoms with E-state index in [1.807, 2.05) is 67.8 Å². The quantitative estimate of drug-likeness (QED) is 0.285. The smallest absolute Gasteiger partial charge is 0.276 e. The molecule has 0 saturated carbocycles. The summed E-state index contributed by atoms with van der Waals surface area (Å²) in [6.07, 6.45) is 0. The van der Waals surface area contributed by atoms with Crippen molar-refractivity contribution in [3.8, 4) is 5.69 Å². The number of carbonyl (C=O) groups excluding carboxylic acids is 1. The summed E-state index contributed by atoms with van der Waals surface area (Å²) in [6, 6.07) is 15.6. The van der Waals surface area contributed by atoms with E-state index in [0.29, 0.717) is 21.3 Å². The average Bonchev–Trinajstić information content (AvgIpc) is 3.22. The fourth-order valence-electron chi connectivity index (χ4n) is 3.69. The van der Waals surface area contributed by atoms with Gasteiger partial charge in [0, 0.05) is 5.69 Å². The molecule has 0 bridgehead atoms. The Balaban J connectivity index is 1.66. The van der Waals surface area contributed by atoms with Crippen LogP contribution in [-0.4, -0.2) is 21.2 Å². The minimum atomic E-state index is -0.130. The Labute approximate surface area is 195 Å². The van der Waals surface area contributed by atoms with E-state index in [0.717, 1.165) is 28.1 Å². The zero-order valence-corrected chi connectivity index (χ0v) is 20.1. The van der Waals surface area contributed by atoms with Gasteiger partial charge in [-0.05, 0) is 54.5 Å². The Morgan fingerprint density at radius 1 is 1.16 bits per heavy atom. The van der Waals surface area contributed by atoms with Gasteiger partial charge in [-0.3, -0.25) is 14.2 Å². The number of nitrogens with zero attached hydrogens (tertiary/aromatic N) is 2. The van der Waals surface area contributed by atoms with Crippen LogP contribution in [0.5, 0.6) is 0 Å². The van der Waals surface area contributed by atoms with E-state index in [-0.39, 0.29) is 17.2 Å². The van der Waals surface area contributed by atoms with E-state index in [1.165, 1.54) is 23.1 Å². The van der Waals surface area contributed by atoms with Crippen LogP contribution < -0.4 is 10.9 Å². The summed E-state index contributed by atoms with van der Waals surface area (Å²) < 4.78 is 2.25. The Bertz CT molecular complexity index is 1360. The van der Waals surface area contributed by atoms with Gasteiger partial charge in [0.15, 0.2) is 5.16 Å². The van der Waals surface area contributed by atoms with E-state index in [2.05, 4.69) is 19.2 Å². The largest absolute Gasteiger partial charge is 0.325 e. The highest BCUT2D eigenvalue weighted by atomic mass is 32.2. The number of thiophene rings is 1. The maximum absolute atomic E-state index is 13.3. The normalized spacial score (nSPS) is 11.3. The number of aryl methyl sites for hydroxylation is 2. The van der Waals surface area contributed by atoms with E-state index < -0.39 is 0 Å². The number of thioether (sulfide) groups is 1. The molecule has 0 radical (unpaired) electrons. The number of anilines is 1. The first-order chi connectivity index (χ1) is 15.3. The number of amides is 1. The molecule has 5 nitrogen and oxygen atoms in total. The first-order valence-corrected chi connectivity index (χ1v) is 12.3. The van der Waals surface area contributed by atoms with E-state index in [4.69, 9.17) is 4.98 Å². The molecule has 0 atom stereocenters. The maximum atomic E-state index is 13.3. The molecule has 4 rings (SSSR count). The summed E-state index contributed by atoms with van der Waals surface area (Å²) in [5.74, 6) is 0.325. The second-order valence-electron chi connectivity index (χ2n) is 8.04. The minimum Gasteiger partial charge on any atom is -0.325 e. The number of nitrogens with one attached hydrogen (secondary N) is 1. The van der Waals surface area contributed by atoms with Crippen LogP contribution in [0, 0.1) is 13.8 Å². The Hall–Kier alpha value is -2.90. The van der Waals surface area contributed by atoms with Gasteiger partial charge in [-0.25, -0.2) is 4.98 Å². The standard InChI is InChI=1S/C25H25N3O2S2/c1-15(2)18-7-5-6-8-19(18)26-22(29)14-32-25-27-20-11-12-31-23(20)24(30)28(25)21-10-9-16(3)13-17(21)4/h5-13,15H,14H2,1-4H3,(H,26,29). The van der Waals surface area contributed by atoms with Gasteiger partial charge in [-0.1, -0.05) is 61.5 Å². The lowest BCUT2D eigenvalue weighted by molar-refractivity contribution is -0.113. The van der Waals surface area contributed by atoms with Crippen molar-refractivity contribution in [3.05, 3.63) is 81.0 Å². The van der Waals surface area contributed by atoms with E-state index in [9.17, 15) is 9.59 Å². The zero-order valence-electron chi connectivity index (χ0n) is 18.5. The minimum absolute atomic E-state index is 0.106. The van der Waals surface area contributed by atoms with Crippen molar-refractivity contribution in [1.29, 1.82) is 0 Å². The second-order valence-corrected chi connectivity index (χ2v) is 9.90. The summed E-state index contributed by atoms with van der Waals surface area (Å²) in [5.41, 5.74) is 5.37. The number of benzene rings is 2. The molecule has 4 aromatic rings. The van der Waals surface area contributed by atoms with Crippen LogP contribution in [0.3, 0.4) is 0 Å². The number of carbonyl (C=O) groups is 1. The molecule has 0 fully saturated rings. The molecule has 0 aliphatic rings. The van der Waals surface area contributed by atoms with Crippen molar-refractivity contribution < 1.29 is 4.79 Å². The molecule has 0 spiro atoms. The molecule has 32 heavy (non-hydrogen) atoms. The molecule has 0 unspecified atom stereocenters. The van der Waals surface area contributed by atoms with Crippen molar-refractivity contribution in [2.24, 2.45) is 0 Å². The molecule has 2 aromatic carbocycles. The highest BCUT2D eigenvalue weighted by molar-refractivity contribution is 7.99. The predicted octanol–water partition coefficient (Wildman–Crippen LogP) is 5.92. The summed E-state index contributed by atoms with van der Waals surface area (Å²) in [7, 11) is 0. The first kappa shape index (κ1) is 22.3. The highest BCUT2D eigenvalue weighted by Crippen LogP contribution is 2.27. The van der Waals surface area contributed by atoms with Gasteiger partial charge in [0.1, 0.15) is 4.70 Å². The summed E-state index contributed by atoms with van der Waals surface area (Å²) in [6.45, 7) is 8.21. The van der Waals surface area contributed by atoms with Crippen LogP contribution in [0.15, 0.2) is 63.9 Å². The predicted molar refractivity (Wildman–Crippen MR) is 135 cm³/mol. The van der Waals surface area contributed by atoms with Gasteiger partial charge in [-0.2, -0.15) is 0 Å². The number of aromatic nitrogens is 2. The van der Waals surface area contributed by atoms with Crippen molar-refractivity contribution >= 4 is 44.9 Å². The third-order valence-corrected chi connectivity index (χ3v) is 7.06. The van der Waals surface area contributed by atoms with Crippen LogP contribution in [0.25, 0.3) is 15.9 Å². The summed E-state index contributed by atoms with van der Waals surface area (Å²) in [4.78, 5) is 30.8. The molecule has 164 valence electrons. The van der Waals surface area contributed by atoms with Gasteiger partial charge < -0.3 is 5.32 Å². The van der Waals surface area contributed by atoms with Crippen LogP contribution in [0.4, 0.5) is 5.69 Å². The van der Waals surface area contributed by atoms with Crippen LogP contribution in [-0.2, 0) is 4.79 Å². The molecular weight excluding hydrogens is 438 g/mol. The lowest BCUT2D eigenvalue weighted by Gasteiger charge is -2.15. The fraction of sp³-hybridized carbons (Fsp3) is 0.240. The van der Waals surface area contributed by atoms with Gasteiger partial charge in [0.25, 0.3) is 5.56 Å². The number of fused-ring (bicyclic) bond motifs is 1. The fourth-order valence-corrected chi connectivity index (χ4v) is 5.25. The van der Waals surface area contributed by atoms with Gasteiger partial charge in [0.2, 0.25) is 5.91 Å². The van der Waals surface area contributed by atoms with Crippen LogP contribution in [0.1, 0.15) is 36.5 Å². The summed E-state index contributed by atoms with van der Waals surface area (Å²) >= 11 is 2.66. The average molecular weight is 464 g/mol. The third-order valence-electron chi connectivity index (χ3n) is 5.23. The Morgan fingerprint density at radius 3 is 2.69 bits per heavy atom. The summed E-state index contributed by atoms with van der Waals surface area (Å²) in [5, 5.41) is 5.40. The molecular formula is C25H25N3O2S2. The molecule has 0 saturated heterocycles.